The normalized spacial score (nSPS) is 10.4. The van der Waals surface area contributed by atoms with E-state index in [1.54, 1.807) is 19.2 Å². The Bertz CT molecular complexity index is 241. The number of methoxy groups -OCH3 is 1. The smallest absolute Gasteiger partial charge is 0.115 e. The highest BCUT2D eigenvalue weighted by atomic mass is 16.5. The quantitative estimate of drug-likeness (QED) is 0.705. The zero-order valence-electron chi connectivity index (χ0n) is 8.70. The zero-order valence-corrected chi connectivity index (χ0v) is 8.70. The Morgan fingerprint density at radius 2 is 1.79 bits per heavy atom. The number of hydrogen-bond donors (Lipinski definition) is 1. The van der Waals surface area contributed by atoms with E-state index < -0.39 is 0 Å². The van der Waals surface area contributed by atoms with Crippen LogP contribution in [0.4, 0.5) is 0 Å². The van der Waals surface area contributed by atoms with Crippen molar-refractivity contribution in [2.45, 2.75) is 25.7 Å². The summed E-state index contributed by atoms with van der Waals surface area (Å²) in [5.41, 5.74) is 1.29. The number of aromatic hydroxyl groups is 1. The topological polar surface area (TPSA) is 29.5 Å². The first-order valence-corrected chi connectivity index (χ1v) is 5.10. The van der Waals surface area contributed by atoms with Gasteiger partial charge in [-0.3, -0.25) is 0 Å². The Hall–Kier alpha value is -1.02. The van der Waals surface area contributed by atoms with Crippen molar-refractivity contribution >= 4 is 0 Å². The zero-order chi connectivity index (χ0) is 10.2. The maximum Gasteiger partial charge on any atom is 0.115 e. The van der Waals surface area contributed by atoms with E-state index in [9.17, 15) is 0 Å². The second-order valence-corrected chi connectivity index (χ2v) is 3.47. The summed E-state index contributed by atoms with van der Waals surface area (Å²) in [6, 6.07) is 7.44. The third-order valence-electron chi connectivity index (χ3n) is 2.25. The monoisotopic (exact) mass is 194 g/mol. The summed E-state index contributed by atoms with van der Waals surface area (Å²) in [6.07, 6.45) is 4.61. The lowest BCUT2D eigenvalue weighted by molar-refractivity contribution is 0.192. The van der Waals surface area contributed by atoms with Gasteiger partial charge >= 0.3 is 0 Å². The highest BCUT2D eigenvalue weighted by Crippen LogP contribution is 2.12. The van der Waals surface area contributed by atoms with Crippen molar-refractivity contribution in [2.24, 2.45) is 0 Å². The Labute approximate surface area is 85.5 Å². The van der Waals surface area contributed by atoms with Crippen LogP contribution in [0.25, 0.3) is 0 Å². The number of hydrogen-bond acceptors (Lipinski definition) is 2. The van der Waals surface area contributed by atoms with Gasteiger partial charge in [0.25, 0.3) is 0 Å². The molecule has 0 spiro atoms. The summed E-state index contributed by atoms with van der Waals surface area (Å²) in [6.45, 7) is 0.857. The predicted molar refractivity (Wildman–Crippen MR) is 57.5 cm³/mol. The third-order valence-corrected chi connectivity index (χ3v) is 2.25. The van der Waals surface area contributed by atoms with Crippen molar-refractivity contribution < 1.29 is 9.84 Å². The Morgan fingerprint density at radius 1 is 1.07 bits per heavy atom. The van der Waals surface area contributed by atoms with E-state index in [4.69, 9.17) is 9.84 Å². The molecule has 0 heterocycles. The van der Waals surface area contributed by atoms with Gasteiger partial charge in [-0.1, -0.05) is 18.6 Å². The van der Waals surface area contributed by atoms with E-state index in [2.05, 4.69) is 0 Å². The van der Waals surface area contributed by atoms with Crippen molar-refractivity contribution in [3.8, 4) is 5.75 Å². The van der Waals surface area contributed by atoms with Gasteiger partial charge in [-0.15, -0.1) is 0 Å². The summed E-state index contributed by atoms with van der Waals surface area (Å²) in [7, 11) is 1.74. The largest absolute Gasteiger partial charge is 0.508 e. The van der Waals surface area contributed by atoms with Gasteiger partial charge in [0.15, 0.2) is 0 Å². The maximum absolute atomic E-state index is 9.08. The lowest BCUT2D eigenvalue weighted by Crippen LogP contribution is -1.90. The molecule has 0 fully saturated rings. The lowest BCUT2D eigenvalue weighted by Gasteiger charge is -2.01. The molecule has 0 radical (unpaired) electrons. The molecule has 0 bridgehead atoms. The molecule has 1 rings (SSSR count). The predicted octanol–water partition coefficient (Wildman–Crippen LogP) is 2.75. The standard InChI is InChI=1S/C12H18O2/c1-14-10-4-2-3-5-11-6-8-12(13)9-7-11/h6-9,13H,2-5,10H2,1H3. The number of aryl methyl sites for hydroxylation is 1. The van der Waals surface area contributed by atoms with E-state index in [0.29, 0.717) is 5.75 Å². The highest BCUT2D eigenvalue weighted by Gasteiger charge is 1.94. The van der Waals surface area contributed by atoms with E-state index in [0.717, 1.165) is 19.4 Å². The number of unbranched alkanes of at least 4 members (excludes halogenated alkanes) is 2. The van der Waals surface area contributed by atoms with Crippen molar-refractivity contribution in [1.82, 2.24) is 0 Å². The van der Waals surface area contributed by atoms with Crippen molar-refractivity contribution in [3.63, 3.8) is 0 Å². The van der Waals surface area contributed by atoms with Gasteiger partial charge < -0.3 is 9.84 Å². The van der Waals surface area contributed by atoms with Crippen LogP contribution in [0, 0.1) is 0 Å². The SMILES string of the molecule is COCCCCCc1ccc(O)cc1. The fourth-order valence-corrected chi connectivity index (χ4v) is 1.41. The molecule has 0 atom stereocenters. The van der Waals surface area contributed by atoms with Crippen LogP contribution in [-0.4, -0.2) is 18.8 Å². The number of rotatable bonds is 6. The number of phenols is 1. The van der Waals surface area contributed by atoms with E-state index in [1.807, 2.05) is 12.1 Å². The maximum atomic E-state index is 9.08. The van der Waals surface area contributed by atoms with E-state index in [-0.39, 0.29) is 0 Å². The molecule has 0 saturated carbocycles. The molecular formula is C12H18O2. The molecule has 14 heavy (non-hydrogen) atoms. The molecule has 0 unspecified atom stereocenters. The fourth-order valence-electron chi connectivity index (χ4n) is 1.41. The molecule has 0 aliphatic rings. The number of ether oxygens (including phenoxy) is 1. The Balaban J connectivity index is 2.15. The van der Waals surface area contributed by atoms with Crippen LogP contribution >= 0.6 is 0 Å². The lowest BCUT2D eigenvalue weighted by atomic mass is 10.1. The van der Waals surface area contributed by atoms with Crippen molar-refractivity contribution in [3.05, 3.63) is 29.8 Å². The average molecular weight is 194 g/mol. The minimum absolute atomic E-state index is 0.341. The molecule has 0 aromatic heterocycles. The first kappa shape index (κ1) is 11.1. The van der Waals surface area contributed by atoms with Crippen molar-refractivity contribution in [1.29, 1.82) is 0 Å². The summed E-state index contributed by atoms with van der Waals surface area (Å²) in [4.78, 5) is 0. The molecule has 78 valence electrons. The fraction of sp³-hybridized carbons (Fsp3) is 0.500. The van der Waals surface area contributed by atoms with Crippen LogP contribution < -0.4 is 0 Å². The Kier molecular flexibility index (Phi) is 5.08. The molecule has 0 aliphatic carbocycles. The molecule has 1 aromatic carbocycles. The molecule has 2 nitrogen and oxygen atoms in total. The molecular weight excluding hydrogens is 176 g/mol. The van der Waals surface area contributed by atoms with E-state index >= 15 is 0 Å². The minimum atomic E-state index is 0.341. The van der Waals surface area contributed by atoms with E-state index in [1.165, 1.54) is 18.4 Å². The second-order valence-electron chi connectivity index (χ2n) is 3.47. The summed E-state index contributed by atoms with van der Waals surface area (Å²) < 4.78 is 4.98. The van der Waals surface area contributed by atoms with Gasteiger partial charge in [0.05, 0.1) is 0 Å². The molecule has 0 saturated heterocycles. The Morgan fingerprint density at radius 3 is 2.43 bits per heavy atom. The van der Waals surface area contributed by atoms with Gasteiger partial charge in [-0.25, -0.2) is 0 Å². The van der Waals surface area contributed by atoms with Gasteiger partial charge in [-0.2, -0.15) is 0 Å². The van der Waals surface area contributed by atoms with Crippen LogP contribution in [0.15, 0.2) is 24.3 Å². The first-order chi connectivity index (χ1) is 6.83. The summed E-state index contributed by atoms with van der Waals surface area (Å²) in [5.74, 6) is 0.341. The first-order valence-electron chi connectivity index (χ1n) is 5.10. The van der Waals surface area contributed by atoms with Crippen LogP contribution in [0.3, 0.4) is 0 Å². The highest BCUT2D eigenvalue weighted by molar-refractivity contribution is 5.25. The van der Waals surface area contributed by atoms with Gasteiger partial charge in [0.2, 0.25) is 0 Å². The van der Waals surface area contributed by atoms with Gasteiger partial charge in [0, 0.05) is 13.7 Å². The molecule has 1 N–H and O–H groups in total. The molecule has 2 heteroatoms. The van der Waals surface area contributed by atoms with Crippen LogP contribution in [0.2, 0.25) is 0 Å². The molecule has 0 aliphatic heterocycles. The van der Waals surface area contributed by atoms with Crippen LogP contribution in [-0.2, 0) is 11.2 Å². The van der Waals surface area contributed by atoms with Crippen molar-refractivity contribution in [2.75, 3.05) is 13.7 Å². The third kappa shape index (κ3) is 4.28. The van der Waals surface area contributed by atoms with Crippen LogP contribution in [0.1, 0.15) is 24.8 Å². The molecule has 1 aromatic rings. The van der Waals surface area contributed by atoms with Gasteiger partial charge in [-0.05, 0) is 37.0 Å². The average Bonchev–Trinajstić information content (AvgIpc) is 2.21. The van der Waals surface area contributed by atoms with Crippen LogP contribution in [0.5, 0.6) is 5.75 Å². The summed E-state index contributed by atoms with van der Waals surface area (Å²) >= 11 is 0. The number of phenolic OH excluding ortho intramolecular Hbond substituents is 1. The summed E-state index contributed by atoms with van der Waals surface area (Å²) in [5, 5.41) is 9.08. The second kappa shape index (κ2) is 6.44. The number of benzene rings is 1. The minimum Gasteiger partial charge on any atom is -0.508 e. The molecule has 0 amide bonds. The van der Waals surface area contributed by atoms with Gasteiger partial charge in [0.1, 0.15) is 5.75 Å².